The highest BCUT2D eigenvalue weighted by Crippen LogP contribution is 2.47. The minimum Gasteiger partial charge on any atom is -0.468 e. The molecule has 0 amide bonds. The summed E-state index contributed by atoms with van der Waals surface area (Å²) in [5.41, 5.74) is -3.89. The Kier molecular flexibility index (Phi) is 3.82. The molecule has 0 N–H and O–H groups in total. The monoisotopic (exact) mass is 304 g/mol. The van der Waals surface area contributed by atoms with Crippen LogP contribution in [-0.2, 0) is 16.0 Å². The summed E-state index contributed by atoms with van der Waals surface area (Å²) in [4.78, 5) is 24.2. The topological polar surface area (TPSA) is 43.4 Å². The van der Waals surface area contributed by atoms with E-state index < -0.39 is 33.8 Å². The van der Waals surface area contributed by atoms with Gasteiger partial charge in [-0.25, -0.2) is 0 Å². The van der Waals surface area contributed by atoms with Crippen LogP contribution in [0, 0.1) is 0 Å². The van der Waals surface area contributed by atoms with Gasteiger partial charge in [-0.2, -0.15) is 13.2 Å². The first-order chi connectivity index (χ1) is 9.30. The lowest BCUT2D eigenvalue weighted by molar-refractivity contribution is -0.142. The maximum absolute atomic E-state index is 12.7. The Morgan fingerprint density at radius 3 is 2.60 bits per heavy atom. The zero-order valence-corrected chi connectivity index (χ0v) is 11.3. The fourth-order valence-electron chi connectivity index (χ4n) is 2.30. The number of thioether (sulfide) groups is 1. The van der Waals surface area contributed by atoms with Gasteiger partial charge in [0.25, 0.3) is 0 Å². The first kappa shape index (κ1) is 14.9. The van der Waals surface area contributed by atoms with E-state index in [0.29, 0.717) is 5.56 Å². The van der Waals surface area contributed by atoms with E-state index in [9.17, 15) is 22.8 Å². The quantitative estimate of drug-likeness (QED) is 0.622. The summed E-state index contributed by atoms with van der Waals surface area (Å²) in [7, 11) is 0.981. The molecule has 2 rings (SSSR count). The number of rotatable bonds is 2. The number of carbonyl (C=O) groups is 2. The molecule has 1 aliphatic rings. The van der Waals surface area contributed by atoms with Crippen LogP contribution in [0.5, 0.6) is 0 Å². The summed E-state index contributed by atoms with van der Waals surface area (Å²) in [5, 5.41) is 0. The molecule has 3 nitrogen and oxygen atoms in total. The van der Waals surface area contributed by atoms with Crippen molar-refractivity contribution >= 4 is 23.5 Å². The van der Waals surface area contributed by atoms with Gasteiger partial charge in [0.05, 0.1) is 7.11 Å². The number of aryl methyl sites for hydroxylation is 1. The molecule has 1 aromatic rings. The Bertz CT molecular complexity index is 556. The first-order valence-corrected chi connectivity index (χ1v) is 6.60. The number of carbonyl (C=O) groups excluding carboxylic acids is 2. The molecule has 0 radical (unpaired) electrons. The molecule has 1 atom stereocenters. The van der Waals surface area contributed by atoms with Gasteiger partial charge in [0.15, 0.2) is 10.5 Å². The zero-order chi connectivity index (χ0) is 15.0. The van der Waals surface area contributed by atoms with Crippen LogP contribution in [0.15, 0.2) is 24.3 Å². The van der Waals surface area contributed by atoms with Crippen LogP contribution in [0.4, 0.5) is 13.2 Å². The molecule has 0 saturated carbocycles. The van der Waals surface area contributed by atoms with Crippen LogP contribution in [0.1, 0.15) is 22.3 Å². The highest BCUT2D eigenvalue weighted by Gasteiger charge is 2.56. The van der Waals surface area contributed by atoms with Gasteiger partial charge < -0.3 is 4.74 Å². The van der Waals surface area contributed by atoms with Crippen LogP contribution < -0.4 is 0 Å². The molecule has 0 spiro atoms. The number of halogens is 3. The second-order valence-corrected chi connectivity index (χ2v) is 5.72. The van der Waals surface area contributed by atoms with Crippen molar-refractivity contribution in [2.45, 2.75) is 23.1 Å². The number of ketones is 1. The smallest absolute Gasteiger partial charge is 0.443 e. The van der Waals surface area contributed by atoms with Gasteiger partial charge in [-0.15, -0.1) is 0 Å². The summed E-state index contributed by atoms with van der Waals surface area (Å²) in [6.07, 6.45) is -0.000208. The van der Waals surface area contributed by atoms with E-state index in [2.05, 4.69) is 4.74 Å². The number of alkyl halides is 3. The van der Waals surface area contributed by atoms with E-state index >= 15 is 0 Å². The van der Waals surface area contributed by atoms with Crippen LogP contribution in [0.2, 0.25) is 0 Å². The first-order valence-electron chi connectivity index (χ1n) is 5.78. The van der Waals surface area contributed by atoms with E-state index in [1.807, 2.05) is 0 Å². The van der Waals surface area contributed by atoms with E-state index in [-0.39, 0.29) is 18.4 Å². The Labute approximate surface area is 117 Å². The molecule has 0 bridgehead atoms. The molecule has 0 saturated heterocycles. The minimum absolute atomic E-state index is 0.154. The number of hydrogen-bond donors (Lipinski definition) is 0. The van der Waals surface area contributed by atoms with Gasteiger partial charge in [-0.1, -0.05) is 24.3 Å². The Morgan fingerprint density at radius 1 is 1.35 bits per heavy atom. The molecule has 0 fully saturated rings. The molecular formula is C13H11F3O3S. The SMILES string of the molecule is COC(=O)[C@@]1(SC(F)(F)F)CCc2ccccc2C1=O. The minimum atomic E-state index is -4.70. The standard InChI is InChI=1S/C13H11F3O3S/c1-19-11(18)12(20-13(14,15)16)7-6-8-4-2-3-5-9(8)10(12)17/h2-5H,6-7H2,1H3/t12-/m1/s1. The third-order valence-electron chi connectivity index (χ3n) is 3.18. The number of hydrogen-bond acceptors (Lipinski definition) is 4. The van der Waals surface area contributed by atoms with Crippen LogP contribution in [0.25, 0.3) is 0 Å². The third-order valence-corrected chi connectivity index (χ3v) is 4.32. The van der Waals surface area contributed by atoms with E-state index in [1.165, 1.54) is 6.07 Å². The Morgan fingerprint density at radius 2 is 2.00 bits per heavy atom. The molecule has 0 aromatic heterocycles. The second-order valence-electron chi connectivity index (χ2n) is 4.35. The number of methoxy groups -OCH3 is 1. The molecule has 108 valence electrons. The van der Waals surface area contributed by atoms with Gasteiger partial charge >= 0.3 is 11.5 Å². The maximum Gasteiger partial charge on any atom is 0.443 e. The Balaban J connectivity index is 2.50. The largest absolute Gasteiger partial charge is 0.468 e. The van der Waals surface area contributed by atoms with Crippen LogP contribution in [0.3, 0.4) is 0 Å². The summed E-state index contributed by atoms with van der Waals surface area (Å²) in [6, 6.07) is 6.37. The van der Waals surface area contributed by atoms with Crippen molar-refractivity contribution < 1.29 is 27.5 Å². The van der Waals surface area contributed by atoms with Gasteiger partial charge in [0.1, 0.15) is 0 Å². The van der Waals surface area contributed by atoms with E-state index in [1.54, 1.807) is 18.2 Å². The van der Waals surface area contributed by atoms with Gasteiger partial charge in [-0.05, 0) is 30.2 Å². The van der Waals surface area contributed by atoms with Crippen molar-refractivity contribution in [1.82, 2.24) is 0 Å². The molecular weight excluding hydrogens is 293 g/mol. The lowest BCUT2D eigenvalue weighted by atomic mass is 9.82. The highest BCUT2D eigenvalue weighted by molar-refractivity contribution is 8.03. The molecule has 0 heterocycles. The van der Waals surface area contributed by atoms with Crippen LogP contribution in [-0.4, -0.2) is 29.1 Å². The lowest BCUT2D eigenvalue weighted by Crippen LogP contribution is -2.49. The molecule has 0 unspecified atom stereocenters. The van der Waals surface area contributed by atoms with Crippen molar-refractivity contribution in [3.8, 4) is 0 Å². The maximum atomic E-state index is 12.7. The summed E-state index contributed by atoms with van der Waals surface area (Å²) >= 11 is -0.595. The summed E-state index contributed by atoms with van der Waals surface area (Å²) in [6.45, 7) is 0. The van der Waals surface area contributed by atoms with Crippen molar-refractivity contribution in [2.24, 2.45) is 0 Å². The van der Waals surface area contributed by atoms with E-state index in [4.69, 9.17) is 0 Å². The number of benzene rings is 1. The predicted octanol–water partition coefficient (Wildman–Crippen LogP) is 2.98. The van der Waals surface area contributed by atoms with Crippen molar-refractivity contribution in [2.75, 3.05) is 7.11 Å². The van der Waals surface area contributed by atoms with Gasteiger partial charge in [-0.3, -0.25) is 9.59 Å². The fourth-order valence-corrected chi connectivity index (χ4v) is 3.27. The molecule has 7 heteroatoms. The third kappa shape index (κ3) is 2.54. The summed E-state index contributed by atoms with van der Waals surface area (Å²) < 4.78 is 40.4. The van der Waals surface area contributed by atoms with Crippen molar-refractivity contribution in [1.29, 1.82) is 0 Å². The molecule has 0 aliphatic heterocycles. The normalized spacial score (nSPS) is 22.3. The van der Waals surface area contributed by atoms with E-state index in [0.717, 1.165) is 7.11 Å². The fraction of sp³-hybridized carbons (Fsp3) is 0.385. The highest BCUT2D eigenvalue weighted by atomic mass is 32.2. The van der Waals surface area contributed by atoms with Crippen molar-refractivity contribution in [3.05, 3.63) is 35.4 Å². The van der Waals surface area contributed by atoms with Crippen LogP contribution >= 0.6 is 11.8 Å². The Hall–Kier alpha value is -1.50. The van der Waals surface area contributed by atoms with Crippen molar-refractivity contribution in [3.63, 3.8) is 0 Å². The molecule has 1 aromatic carbocycles. The number of esters is 1. The lowest BCUT2D eigenvalue weighted by Gasteiger charge is -2.33. The average Bonchev–Trinajstić information content (AvgIpc) is 2.40. The predicted molar refractivity (Wildman–Crippen MR) is 67.5 cm³/mol. The van der Waals surface area contributed by atoms with Gasteiger partial charge in [0.2, 0.25) is 0 Å². The number of Topliss-reactive ketones (excluding diaryl/α,β-unsaturated/α-hetero) is 1. The average molecular weight is 304 g/mol. The zero-order valence-electron chi connectivity index (χ0n) is 10.5. The second kappa shape index (κ2) is 5.12. The molecule has 1 aliphatic carbocycles. The summed E-state index contributed by atoms with van der Waals surface area (Å²) in [5.74, 6) is -1.99. The van der Waals surface area contributed by atoms with Gasteiger partial charge in [0, 0.05) is 5.56 Å². The molecule has 20 heavy (non-hydrogen) atoms. The number of ether oxygens (including phenoxy) is 1. The number of fused-ring (bicyclic) bond motifs is 1.